The second-order valence-corrected chi connectivity index (χ2v) is 5.76. The van der Waals surface area contributed by atoms with Crippen LogP contribution in [0.2, 0.25) is 0 Å². The lowest BCUT2D eigenvalue weighted by Gasteiger charge is -2.20. The molecule has 0 aromatic heterocycles. The molecule has 0 aliphatic heterocycles. The zero-order valence-electron chi connectivity index (χ0n) is 12.7. The van der Waals surface area contributed by atoms with Crippen LogP contribution in [0, 0.1) is 5.92 Å². The van der Waals surface area contributed by atoms with Gasteiger partial charge in [-0.15, -0.1) is 0 Å². The van der Waals surface area contributed by atoms with Gasteiger partial charge in [-0.3, -0.25) is 20.4 Å². The van der Waals surface area contributed by atoms with E-state index in [1.165, 1.54) is 24.8 Å². The molecule has 1 fully saturated rings. The van der Waals surface area contributed by atoms with Gasteiger partial charge in [0.05, 0.1) is 0 Å². The first-order valence-corrected chi connectivity index (χ1v) is 7.87. The van der Waals surface area contributed by atoms with E-state index in [2.05, 4.69) is 17.8 Å². The number of carbonyl (C=O) groups excluding carboxylic acids is 2. The lowest BCUT2D eigenvalue weighted by atomic mass is 9.87. The Kier molecular flexibility index (Phi) is 5.78. The van der Waals surface area contributed by atoms with Gasteiger partial charge in [0.1, 0.15) is 0 Å². The number of hydrogen-bond donors (Lipinski definition) is 2. The van der Waals surface area contributed by atoms with Crippen LogP contribution in [0.4, 0.5) is 0 Å². The molecule has 0 bridgehead atoms. The van der Waals surface area contributed by atoms with E-state index in [9.17, 15) is 9.59 Å². The van der Waals surface area contributed by atoms with Gasteiger partial charge in [0.25, 0.3) is 5.91 Å². The summed E-state index contributed by atoms with van der Waals surface area (Å²) in [5.41, 5.74) is 6.75. The average Bonchev–Trinajstić information content (AvgIpc) is 2.53. The summed E-state index contributed by atoms with van der Waals surface area (Å²) in [6, 6.07) is 7.42. The third kappa shape index (κ3) is 4.88. The molecule has 0 radical (unpaired) electrons. The first-order valence-electron chi connectivity index (χ1n) is 7.87. The Balaban J connectivity index is 1.75. The normalized spacial score (nSPS) is 15.5. The predicted molar refractivity (Wildman–Crippen MR) is 82.6 cm³/mol. The maximum Gasteiger partial charge on any atom is 0.269 e. The van der Waals surface area contributed by atoms with E-state index in [4.69, 9.17) is 0 Å². The van der Waals surface area contributed by atoms with Crippen LogP contribution >= 0.6 is 0 Å². The summed E-state index contributed by atoms with van der Waals surface area (Å²) < 4.78 is 0. The predicted octanol–water partition coefficient (Wildman–Crippen LogP) is 2.98. The highest BCUT2D eigenvalue weighted by molar-refractivity contribution is 5.95. The minimum Gasteiger partial charge on any atom is -0.273 e. The second-order valence-electron chi connectivity index (χ2n) is 5.76. The van der Waals surface area contributed by atoms with Crippen molar-refractivity contribution in [2.45, 2.75) is 51.9 Å². The minimum absolute atomic E-state index is 0.0968. The standard InChI is InChI=1S/C17H24N2O2/c1-2-13-8-10-15(11-9-13)17(21)19-18-16(20)12-14-6-4-3-5-7-14/h8-11,14H,2-7,12H2,1H3,(H,18,20)(H,19,21). The minimum atomic E-state index is -0.269. The molecule has 0 saturated heterocycles. The molecule has 1 aliphatic rings. The molecule has 1 saturated carbocycles. The smallest absolute Gasteiger partial charge is 0.269 e. The highest BCUT2D eigenvalue weighted by Gasteiger charge is 2.17. The van der Waals surface area contributed by atoms with Gasteiger partial charge in [-0.05, 0) is 42.9 Å². The Labute approximate surface area is 126 Å². The van der Waals surface area contributed by atoms with Gasteiger partial charge in [0.15, 0.2) is 0 Å². The first-order chi connectivity index (χ1) is 10.2. The molecule has 1 aromatic carbocycles. The summed E-state index contributed by atoms with van der Waals surface area (Å²) in [6.45, 7) is 2.07. The molecule has 0 heterocycles. The van der Waals surface area contributed by atoms with Crippen LogP contribution in [0.5, 0.6) is 0 Å². The Bertz CT molecular complexity index is 476. The van der Waals surface area contributed by atoms with Gasteiger partial charge in [0.2, 0.25) is 5.91 Å². The molecular formula is C17H24N2O2. The van der Waals surface area contributed by atoms with Crippen molar-refractivity contribution in [1.29, 1.82) is 0 Å². The summed E-state index contributed by atoms with van der Waals surface area (Å²) in [5.74, 6) is 0.106. The first kappa shape index (κ1) is 15.5. The fourth-order valence-corrected chi connectivity index (χ4v) is 2.79. The zero-order valence-corrected chi connectivity index (χ0v) is 12.7. The van der Waals surface area contributed by atoms with E-state index in [0.717, 1.165) is 19.3 Å². The molecule has 114 valence electrons. The Morgan fingerprint density at radius 3 is 2.33 bits per heavy atom. The fraction of sp³-hybridized carbons (Fsp3) is 0.529. The number of hydrogen-bond acceptors (Lipinski definition) is 2. The number of benzene rings is 1. The van der Waals surface area contributed by atoms with E-state index in [-0.39, 0.29) is 11.8 Å². The summed E-state index contributed by atoms with van der Waals surface area (Å²) in [5, 5.41) is 0. The average molecular weight is 288 g/mol. The van der Waals surface area contributed by atoms with Crippen LogP contribution in [-0.2, 0) is 11.2 Å². The number of amides is 2. The number of nitrogens with one attached hydrogen (secondary N) is 2. The van der Waals surface area contributed by atoms with Crippen molar-refractivity contribution in [3.8, 4) is 0 Å². The maximum absolute atomic E-state index is 11.9. The zero-order chi connectivity index (χ0) is 15.1. The lowest BCUT2D eigenvalue weighted by Crippen LogP contribution is -2.42. The van der Waals surface area contributed by atoms with Crippen LogP contribution in [-0.4, -0.2) is 11.8 Å². The van der Waals surface area contributed by atoms with Gasteiger partial charge in [-0.25, -0.2) is 0 Å². The van der Waals surface area contributed by atoms with Gasteiger partial charge in [-0.1, -0.05) is 38.3 Å². The highest BCUT2D eigenvalue weighted by Crippen LogP contribution is 2.25. The van der Waals surface area contributed by atoms with Crippen molar-refractivity contribution in [2.24, 2.45) is 5.92 Å². The van der Waals surface area contributed by atoms with Crippen LogP contribution in [0.1, 0.15) is 61.4 Å². The Hall–Kier alpha value is -1.84. The Morgan fingerprint density at radius 2 is 1.71 bits per heavy atom. The molecule has 2 rings (SSSR count). The number of aryl methyl sites for hydroxylation is 1. The fourth-order valence-electron chi connectivity index (χ4n) is 2.79. The van der Waals surface area contributed by atoms with Crippen LogP contribution in [0.15, 0.2) is 24.3 Å². The summed E-state index contributed by atoms with van der Waals surface area (Å²) >= 11 is 0. The van der Waals surface area contributed by atoms with E-state index < -0.39 is 0 Å². The Morgan fingerprint density at radius 1 is 1.05 bits per heavy atom. The second kappa shape index (κ2) is 7.81. The number of rotatable bonds is 4. The van der Waals surface area contributed by atoms with E-state index in [1.54, 1.807) is 12.1 Å². The van der Waals surface area contributed by atoms with Crippen molar-refractivity contribution in [2.75, 3.05) is 0 Å². The van der Waals surface area contributed by atoms with Gasteiger partial charge in [-0.2, -0.15) is 0 Å². The molecule has 4 nitrogen and oxygen atoms in total. The number of hydrazine groups is 1. The SMILES string of the molecule is CCc1ccc(C(=O)NNC(=O)CC2CCCCC2)cc1. The summed E-state index contributed by atoms with van der Waals surface area (Å²) in [7, 11) is 0. The quantitative estimate of drug-likeness (QED) is 0.837. The largest absolute Gasteiger partial charge is 0.273 e. The lowest BCUT2D eigenvalue weighted by molar-refractivity contribution is -0.123. The number of carbonyl (C=O) groups is 2. The molecule has 2 amide bonds. The van der Waals surface area contributed by atoms with E-state index >= 15 is 0 Å². The molecule has 1 aliphatic carbocycles. The van der Waals surface area contributed by atoms with E-state index in [1.807, 2.05) is 12.1 Å². The molecule has 1 aromatic rings. The van der Waals surface area contributed by atoms with Gasteiger partial charge >= 0.3 is 0 Å². The maximum atomic E-state index is 11.9. The van der Waals surface area contributed by atoms with Crippen molar-refractivity contribution in [3.63, 3.8) is 0 Å². The molecular weight excluding hydrogens is 264 g/mol. The van der Waals surface area contributed by atoms with E-state index in [0.29, 0.717) is 17.9 Å². The molecule has 2 N–H and O–H groups in total. The summed E-state index contributed by atoms with van der Waals surface area (Å²) in [4.78, 5) is 23.7. The van der Waals surface area contributed by atoms with Crippen LogP contribution in [0.3, 0.4) is 0 Å². The summed E-state index contributed by atoms with van der Waals surface area (Å²) in [6.07, 6.45) is 7.42. The van der Waals surface area contributed by atoms with Gasteiger partial charge < -0.3 is 0 Å². The highest BCUT2D eigenvalue weighted by atomic mass is 16.2. The molecule has 0 spiro atoms. The molecule has 0 atom stereocenters. The monoisotopic (exact) mass is 288 g/mol. The molecule has 21 heavy (non-hydrogen) atoms. The topological polar surface area (TPSA) is 58.2 Å². The van der Waals surface area contributed by atoms with Crippen LogP contribution < -0.4 is 10.9 Å². The molecule has 0 unspecified atom stereocenters. The molecule has 4 heteroatoms. The third-order valence-electron chi connectivity index (χ3n) is 4.14. The van der Waals surface area contributed by atoms with Crippen molar-refractivity contribution < 1.29 is 9.59 Å². The van der Waals surface area contributed by atoms with Crippen molar-refractivity contribution >= 4 is 11.8 Å². The van der Waals surface area contributed by atoms with Crippen molar-refractivity contribution in [3.05, 3.63) is 35.4 Å². The third-order valence-corrected chi connectivity index (χ3v) is 4.14. The van der Waals surface area contributed by atoms with Gasteiger partial charge in [0, 0.05) is 12.0 Å². The van der Waals surface area contributed by atoms with Crippen LogP contribution in [0.25, 0.3) is 0 Å². The van der Waals surface area contributed by atoms with Crippen molar-refractivity contribution in [1.82, 2.24) is 10.9 Å².